The van der Waals surface area contributed by atoms with Crippen LogP contribution in [0.1, 0.15) is 47.5 Å². The Morgan fingerprint density at radius 3 is 2.18 bits per heavy atom. The summed E-state index contributed by atoms with van der Waals surface area (Å²) >= 11 is 0. The first kappa shape index (κ1) is 18.4. The van der Waals surface area contributed by atoms with Gasteiger partial charge in [0.25, 0.3) is 0 Å². The number of esters is 3. The first-order valence-electron chi connectivity index (χ1n) is 7.45. The molecule has 0 spiro atoms. The van der Waals surface area contributed by atoms with Crippen LogP contribution in [-0.2, 0) is 33.3 Å². The molecule has 126 valence electrons. The predicted octanol–water partition coefficient (Wildman–Crippen LogP) is 1.57. The smallest absolute Gasteiger partial charge is 0.308 e. The second-order valence-corrected chi connectivity index (χ2v) is 5.57. The molecule has 7 heteroatoms. The van der Waals surface area contributed by atoms with Gasteiger partial charge in [0.1, 0.15) is 12.2 Å². The van der Waals surface area contributed by atoms with Crippen molar-refractivity contribution in [3.8, 4) is 0 Å². The summed E-state index contributed by atoms with van der Waals surface area (Å²) in [7, 11) is 0. The van der Waals surface area contributed by atoms with Crippen LogP contribution in [0.4, 0.5) is 0 Å². The molecule has 0 aromatic carbocycles. The third kappa shape index (κ3) is 5.29. The van der Waals surface area contributed by atoms with E-state index in [1.807, 2.05) is 6.92 Å². The zero-order valence-corrected chi connectivity index (χ0v) is 13.7. The fourth-order valence-electron chi connectivity index (χ4n) is 2.19. The van der Waals surface area contributed by atoms with Crippen molar-refractivity contribution in [3.05, 3.63) is 0 Å². The van der Waals surface area contributed by atoms with Gasteiger partial charge < -0.3 is 18.9 Å². The lowest BCUT2D eigenvalue weighted by molar-refractivity contribution is -0.202. The molecule has 1 rings (SSSR count). The van der Waals surface area contributed by atoms with E-state index in [4.69, 9.17) is 18.9 Å². The van der Waals surface area contributed by atoms with Gasteiger partial charge in [0.05, 0.1) is 5.92 Å². The molecule has 0 radical (unpaired) electrons. The van der Waals surface area contributed by atoms with Crippen LogP contribution in [0.2, 0.25) is 0 Å². The molecule has 0 aliphatic carbocycles. The monoisotopic (exact) mass is 316 g/mol. The van der Waals surface area contributed by atoms with E-state index in [1.54, 1.807) is 13.8 Å². The predicted molar refractivity (Wildman–Crippen MR) is 75.6 cm³/mol. The summed E-state index contributed by atoms with van der Waals surface area (Å²) in [6.45, 7) is 7.87. The van der Waals surface area contributed by atoms with Crippen LogP contribution in [0.25, 0.3) is 0 Å². The molecular formula is C15H24O7. The Labute approximate surface area is 130 Å². The molecule has 1 saturated heterocycles. The van der Waals surface area contributed by atoms with Gasteiger partial charge in [0.15, 0.2) is 6.10 Å². The van der Waals surface area contributed by atoms with Crippen LogP contribution in [0.5, 0.6) is 0 Å². The van der Waals surface area contributed by atoms with Gasteiger partial charge in [0, 0.05) is 20.3 Å². The number of carbonyl (C=O) groups excluding carboxylic acids is 3. The maximum absolute atomic E-state index is 11.7. The number of rotatable bonds is 6. The minimum atomic E-state index is -0.974. The van der Waals surface area contributed by atoms with Crippen molar-refractivity contribution in [3.63, 3.8) is 0 Å². The van der Waals surface area contributed by atoms with E-state index in [0.717, 1.165) is 0 Å². The van der Waals surface area contributed by atoms with Crippen molar-refractivity contribution in [1.29, 1.82) is 0 Å². The van der Waals surface area contributed by atoms with Crippen LogP contribution in [0.15, 0.2) is 0 Å². The summed E-state index contributed by atoms with van der Waals surface area (Å²) < 4.78 is 21.2. The quantitative estimate of drug-likeness (QED) is 0.543. The van der Waals surface area contributed by atoms with E-state index >= 15 is 0 Å². The minimum Gasteiger partial charge on any atom is -0.459 e. The van der Waals surface area contributed by atoms with E-state index in [-0.39, 0.29) is 11.9 Å². The maximum atomic E-state index is 11.7. The molecule has 7 nitrogen and oxygen atoms in total. The summed E-state index contributed by atoms with van der Waals surface area (Å²) in [5.74, 6) is -1.59. The molecule has 1 aliphatic rings. The fraction of sp³-hybridized carbons (Fsp3) is 0.800. The summed E-state index contributed by atoms with van der Waals surface area (Å²) in [6.07, 6.45) is -1.78. The first-order valence-corrected chi connectivity index (χ1v) is 7.45. The van der Waals surface area contributed by atoms with Crippen LogP contribution >= 0.6 is 0 Å². The van der Waals surface area contributed by atoms with E-state index in [0.29, 0.717) is 12.8 Å². The Kier molecular flexibility index (Phi) is 6.80. The Morgan fingerprint density at radius 1 is 1.14 bits per heavy atom. The zero-order valence-electron chi connectivity index (χ0n) is 13.7. The lowest BCUT2D eigenvalue weighted by atomic mass is 10.1. The molecule has 4 atom stereocenters. The third-order valence-corrected chi connectivity index (χ3v) is 3.23. The highest BCUT2D eigenvalue weighted by Gasteiger charge is 2.44. The van der Waals surface area contributed by atoms with Crippen LogP contribution in [0.3, 0.4) is 0 Å². The molecule has 22 heavy (non-hydrogen) atoms. The molecule has 1 heterocycles. The minimum absolute atomic E-state index is 0.246. The van der Waals surface area contributed by atoms with Crippen molar-refractivity contribution in [2.75, 3.05) is 0 Å². The number of hydrogen-bond donors (Lipinski definition) is 0. The lowest BCUT2D eigenvalue weighted by Crippen LogP contribution is -2.33. The molecule has 0 saturated carbocycles. The topological polar surface area (TPSA) is 88.1 Å². The molecule has 0 aromatic heterocycles. The standard InChI is InChI=1S/C15H24O7/c1-6-11(21-14(18)8(2)3)12-7-13(19-9(4)16)15(22-12)20-10(5)17/h8,11-13,15H,6-7H2,1-5H3/t11?,12-,13+,15-/m0/s1. The van der Waals surface area contributed by atoms with E-state index < -0.39 is 36.5 Å². The van der Waals surface area contributed by atoms with Crippen molar-refractivity contribution in [1.82, 2.24) is 0 Å². The second kappa shape index (κ2) is 8.12. The molecule has 0 aromatic rings. The van der Waals surface area contributed by atoms with Gasteiger partial charge in [-0.3, -0.25) is 14.4 Å². The molecular weight excluding hydrogens is 292 g/mol. The van der Waals surface area contributed by atoms with E-state index in [1.165, 1.54) is 13.8 Å². The van der Waals surface area contributed by atoms with Crippen molar-refractivity contribution >= 4 is 17.9 Å². The van der Waals surface area contributed by atoms with Gasteiger partial charge in [0.2, 0.25) is 6.29 Å². The van der Waals surface area contributed by atoms with Crippen LogP contribution in [0, 0.1) is 5.92 Å². The van der Waals surface area contributed by atoms with E-state index in [9.17, 15) is 14.4 Å². The van der Waals surface area contributed by atoms with Gasteiger partial charge in [-0.25, -0.2) is 0 Å². The molecule has 0 N–H and O–H groups in total. The highest BCUT2D eigenvalue weighted by Crippen LogP contribution is 2.29. The van der Waals surface area contributed by atoms with Gasteiger partial charge in [-0.2, -0.15) is 0 Å². The second-order valence-electron chi connectivity index (χ2n) is 5.57. The average Bonchev–Trinajstić information content (AvgIpc) is 2.76. The molecule has 1 aliphatic heterocycles. The Bertz CT molecular complexity index is 394. The number of ether oxygens (including phenoxy) is 4. The number of carbonyl (C=O) groups is 3. The SMILES string of the molecule is CCC(OC(=O)C(C)C)[C@@H]1C[C@@H](OC(C)=O)[C@@H](OC(C)=O)O1. The van der Waals surface area contributed by atoms with Crippen molar-refractivity contribution < 1.29 is 33.3 Å². The molecule has 1 fully saturated rings. The summed E-state index contributed by atoms with van der Waals surface area (Å²) in [6, 6.07) is 0. The van der Waals surface area contributed by atoms with Gasteiger partial charge in [-0.05, 0) is 6.42 Å². The largest absolute Gasteiger partial charge is 0.459 e. The van der Waals surface area contributed by atoms with Gasteiger partial charge in [-0.15, -0.1) is 0 Å². The van der Waals surface area contributed by atoms with Crippen LogP contribution < -0.4 is 0 Å². The fourth-order valence-corrected chi connectivity index (χ4v) is 2.19. The Hall–Kier alpha value is -1.63. The maximum Gasteiger partial charge on any atom is 0.308 e. The molecule has 1 unspecified atom stereocenters. The first-order chi connectivity index (χ1) is 10.2. The van der Waals surface area contributed by atoms with Gasteiger partial charge in [-0.1, -0.05) is 20.8 Å². The average molecular weight is 316 g/mol. The van der Waals surface area contributed by atoms with Crippen LogP contribution in [-0.4, -0.2) is 42.5 Å². The Balaban J connectivity index is 2.75. The molecule has 0 amide bonds. The van der Waals surface area contributed by atoms with Crippen molar-refractivity contribution in [2.24, 2.45) is 5.92 Å². The summed E-state index contributed by atoms with van der Waals surface area (Å²) in [4.78, 5) is 34.0. The lowest BCUT2D eigenvalue weighted by Gasteiger charge is -2.23. The normalized spacial score (nSPS) is 25.6. The summed E-state index contributed by atoms with van der Waals surface area (Å²) in [5.41, 5.74) is 0. The van der Waals surface area contributed by atoms with Gasteiger partial charge >= 0.3 is 17.9 Å². The third-order valence-electron chi connectivity index (χ3n) is 3.23. The highest BCUT2D eigenvalue weighted by molar-refractivity contribution is 5.71. The van der Waals surface area contributed by atoms with E-state index in [2.05, 4.69) is 0 Å². The molecule has 0 bridgehead atoms. The zero-order chi connectivity index (χ0) is 16.9. The highest BCUT2D eigenvalue weighted by atomic mass is 16.7. The number of hydrogen-bond acceptors (Lipinski definition) is 7. The Morgan fingerprint density at radius 2 is 1.73 bits per heavy atom. The van der Waals surface area contributed by atoms with Crippen molar-refractivity contribution in [2.45, 2.75) is 72.1 Å². The summed E-state index contributed by atoms with van der Waals surface area (Å²) in [5, 5.41) is 0.